The molecule has 0 aromatic rings. The number of hydrogen-bond donors (Lipinski definition) is 2. The summed E-state index contributed by atoms with van der Waals surface area (Å²) in [6.45, 7) is 4.03. The van der Waals surface area contributed by atoms with Gasteiger partial charge in [-0.2, -0.15) is 0 Å². The van der Waals surface area contributed by atoms with E-state index in [9.17, 15) is 4.79 Å². The molecular weight excluding hydrogens is 375 g/mol. The van der Waals surface area contributed by atoms with E-state index in [1.807, 2.05) is 0 Å². The second kappa shape index (κ2) is 9.35. The Balaban J connectivity index is 0.00000200. The van der Waals surface area contributed by atoms with Gasteiger partial charge in [0.2, 0.25) is 5.91 Å². The van der Waals surface area contributed by atoms with Gasteiger partial charge in [-0.15, -0.1) is 24.0 Å². The van der Waals surface area contributed by atoms with Crippen LogP contribution in [0.15, 0.2) is 4.99 Å². The molecule has 2 fully saturated rings. The first-order chi connectivity index (χ1) is 9.25. The Morgan fingerprint density at radius 2 is 2.10 bits per heavy atom. The number of rotatable bonds is 4. The van der Waals surface area contributed by atoms with Gasteiger partial charge in [0, 0.05) is 26.2 Å². The maximum atomic E-state index is 11.8. The van der Waals surface area contributed by atoms with Crippen molar-refractivity contribution in [2.75, 3.05) is 46.0 Å². The van der Waals surface area contributed by atoms with Crippen LogP contribution in [-0.2, 0) is 14.3 Å². The topological polar surface area (TPSA) is 89.2 Å². The molecule has 0 aromatic heterocycles. The molecule has 0 aliphatic carbocycles. The van der Waals surface area contributed by atoms with Crippen molar-refractivity contribution < 1.29 is 14.3 Å². The van der Waals surface area contributed by atoms with Crippen LogP contribution in [0, 0.1) is 0 Å². The molecule has 20 heavy (non-hydrogen) atoms. The molecule has 7 nitrogen and oxygen atoms in total. The molecule has 0 spiro atoms. The van der Waals surface area contributed by atoms with Crippen molar-refractivity contribution in [3.05, 3.63) is 0 Å². The lowest BCUT2D eigenvalue weighted by molar-refractivity contribution is -0.133. The number of hydrogen-bond acceptors (Lipinski definition) is 4. The van der Waals surface area contributed by atoms with E-state index in [0.717, 1.165) is 19.4 Å². The smallest absolute Gasteiger partial charge is 0.244 e. The molecule has 2 heterocycles. The van der Waals surface area contributed by atoms with E-state index < -0.39 is 0 Å². The monoisotopic (exact) mass is 398 g/mol. The molecule has 0 aromatic carbocycles. The van der Waals surface area contributed by atoms with Crippen LogP contribution in [0.25, 0.3) is 0 Å². The van der Waals surface area contributed by atoms with Crippen LogP contribution in [-0.4, -0.2) is 68.9 Å². The zero-order chi connectivity index (χ0) is 13.5. The summed E-state index contributed by atoms with van der Waals surface area (Å²) in [4.78, 5) is 17.6. The Morgan fingerprint density at radius 3 is 2.75 bits per heavy atom. The molecule has 2 rings (SSSR count). The van der Waals surface area contributed by atoms with E-state index in [1.165, 1.54) is 0 Å². The molecule has 116 valence electrons. The van der Waals surface area contributed by atoms with Crippen LogP contribution < -0.4 is 11.1 Å². The number of amides is 1. The molecule has 0 bridgehead atoms. The van der Waals surface area contributed by atoms with Crippen molar-refractivity contribution in [1.29, 1.82) is 0 Å². The maximum absolute atomic E-state index is 11.8. The summed E-state index contributed by atoms with van der Waals surface area (Å²) in [6, 6.07) is 0. The fraction of sp³-hybridized carbons (Fsp3) is 0.833. The molecule has 1 unspecified atom stereocenters. The lowest BCUT2D eigenvalue weighted by Gasteiger charge is -2.26. The number of guanidine groups is 1. The molecule has 2 saturated heterocycles. The Labute approximate surface area is 136 Å². The zero-order valence-electron chi connectivity index (χ0n) is 11.5. The molecule has 1 atom stereocenters. The number of aliphatic imine (C=N–C) groups is 1. The predicted molar refractivity (Wildman–Crippen MR) is 86.3 cm³/mol. The fourth-order valence-corrected chi connectivity index (χ4v) is 2.15. The van der Waals surface area contributed by atoms with Gasteiger partial charge in [-0.05, 0) is 12.8 Å². The largest absolute Gasteiger partial charge is 0.378 e. The van der Waals surface area contributed by atoms with Gasteiger partial charge < -0.3 is 25.4 Å². The highest BCUT2D eigenvalue weighted by Crippen LogP contribution is 2.10. The quantitative estimate of drug-likeness (QED) is 0.381. The number of nitrogens with zero attached hydrogens (tertiary/aromatic N) is 2. The van der Waals surface area contributed by atoms with Gasteiger partial charge in [0.05, 0.1) is 19.3 Å². The Hall–Kier alpha value is -0.610. The van der Waals surface area contributed by atoms with Gasteiger partial charge in [0.25, 0.3) is 0 Å². The number of nitrogens with one attached hydrogen (secondary N) is 1. The molecule has 8 heteroatoms. The van der Waals surface area contributed by atoms with E-state index >= 15 is 0 Å². The first kappa shape index (κ1) is 17.4. The standard InChI is InChI=1S/C12H22N4O3.HI/c13-12(14-8-10-2-1-5-19-10)15-9-11(17)16-3-6-18-7-4-16;/h10H,1-9H2,(H3,13,14,15);1H. The zero-order valence-corrected chi connectivity index (χ0v) is 13.9. The van der Waals surface area contributed by atoms with Crippen LogP contribution in [0.2, 0.25) is 0 Å². The molecule has 1 amide bonds. The third-order valence-electron chi connectivity index (χ3n) is 3.28. The number of nitrogens with two attached hydrogens (primary N) is 1. The minimum Gasteiger partial charge on any atom is -0.378 e. The Kier molecular flexibility index (Phi) is 8.15. The predicted octanol–water partition coefficient (Wildman–Crippen LogP) is -0.453. The third kappa shape index (κ3) is 5.80. The first-order valence-corrected chi connectivity index (χ1v) is 6.76. The summed E-state index contributed by atoms with van der Waals surface area (Å²) >= 11 is 0. The summed E-state index contributed by atoms with van der Waals surface area (Å²) in [5, 5.41) is 2.99. The van der Waals surface area contributed by atoms with Crippen LogP contribution >= 0.6 is 24.0 Å². The van der Waals surface area contributed by atoms with Crippen LogP contribution in [0.4, 0.5) is 0 Å². The number of carbonyl (C=O) groups excluding carboxylic acids is 1. The minimum absolute atomic E-state index is 0. The number of carbonyl (C=O) groups is 1. The number of ether oxygens (including phenoxy) is 2. The number of halogens is 1. The Morgan fingerprint density at radius 1 is 1.35 bits per heavy atom. The van der Waals surface area contributed by atoms with E-state index in [0.29, 0.717) is 38.8 Å². The fourth-order valence-electron chi connectivity index (χ4n) is 2.15. The average Bonchev–Trinajstić information content (AvgIpc) is 2.96. The van der Waals surface area contributed by atoms with E-state index in [1.54, 1.807) is 4.90 Å². The second-order valence-electron chi connectivity index (χ2n) is 4.71. The minimum atomic E-state index is -0.00911. The molecule has 0 saturated carbocycles. The lowest BCUT2D eigenvalue weighted by atomic mass is 10.2. The van der Waals surface area contributed by atoms with E-state index in [-0.39, 0.29) is 42.5 Å². The highest BCUT2D eigenvalue weighted by molar-refractivity contribution is 14.0. The second-order valence-corrected chi connectivity index (χ2v) is 4.71. The summed E-state index contributed by atoms with van der Waals surface area (Å²) in [5.41, 5.74) is 5.72. The van der Waals surface area contributed by atoms with Gasteiger partial charge in [0.15, 0.2) is 5.96 Å². The highest BCUT2D eigenvalue weighted by atomic mass is 127. The normalized spacial score (nSPS) is 23.3. The van der Waals surface area contributed by atoms with Crippen molar-refractivity contribution in [2.45, 2.75) is 18.9 Å². The summed E-state index contributed by atoms with van der Waals surface area (Å²) in [5.74, 6) is 0.294. The van der Waals surface area contributed by atoms with Gasteiger partial charge >= 0.3 is 0 Å². The summed E-state index contributed by atoms with van der Waals surface area (Å²) in [7, 11) is 0. The molecular formula is C12H23IN4O3. The SMILES string of the molecule is I.NC(=NCC(=O)N1CCOCC1)NCC1CCCO1. The van der Waals surface area contributed by atoms with Crippen molar-refractivity contribution in [2.24, 2.45) is 10.7 Å². The van der Waals surface area contributed by atoms with Gasteiger partial charge in [-0.25, -0.2) is 4.99 Å². The summed E-state index contributed by atoms with van der Waals surface area (Å²) < 4.78 is 10.7. The maximum Gasteiger partial charge on any atom is 0.244 e. The first-order valence-electron chi connectivity index (χ1n) is 6.76. The van der Waals surface area contributed by atoms with Gasteiger partial charge in [-0.3, -0.25) is 4.79 Å². The number of morpholine rings is 1. The molecule has 3 N–H and O–H groups in total. The highest BCUT2D eigenvalue weighted by Gasteiger charge is 2.17. The average molecular weight is 398 g/mol. The van der Waals surface area contributed by atoms with Crippen molar-refractivity contribution >= 4 is 35.8 Å². The van der Waals surface area contributed by atoms with Crippen LogP contribution in [0.1, 0.15) is 12.8 Å². The third-order valence-corrected chi connectivity index (χ3v) is 3.28. The lowest BCUT2D eigenvalue weighted by Crippen LogP contribution is -2.43. The van der Waals surface area contributed by atoms with E-state index in [4.69, 9.17) is 15.2 Å². The van der Waals surface area contributed by atoms with Crippen molar-refractivity contribution in [1.82, 2.24) is 10.2 Å². The molecule has 0 radical (unpaired) electrons. The van der Waals surface area contributed by atoms with E-state index in [2.05, 4.69) is 10.3 Å². The molecule has 2 aliphatic rings. The molecule has 2 aliphatic heterocycles. The van der Waals surface area contributed by atoms with Crippen molar-refractivity contribution in [3.63, 3.8) is 0 Å². The van der Waals surface area contributed by atoms with Crippen LogP contribution in [0.5, 0.6) is 0 Å². The Bertz CT molecular complexity index is 329. The van der Waals surface area contributed by atoms with Crippen molar-refractivity contribution in [3.8, 4) is 0 Å². The van der Waals surface area contributed by atoms with Gasteiger partial charge in [-0.1, -0.05) is 0 Å². The summed E-state index contributed by atoms with van der Waals surface area (Å²) in [6.07, 6.45) is 2.36. The van der Waals surface area contributed by atoms with Gasteiger partial charge in [0.1, 0.15) is 6.54 Å². The van der Waals surface area contributed by atoms with Crippen LogP contribution in [0.3, 0.4) is 0 Å².